The fraction of sp³-hybridized carbons (Fsp3) is 0.286. The minimum atomic E-state index is -0.259. The Morgan fingerprint density at radius 2 is 1.89 bits per heavy atom. The SMILES string of the molecule is COc1ccc2oc(C(=O)N[C@@H](C)c3ccc4c(c3)OCCO4)c(C)c2c1. The number of hydrogen-bond acceptors (Lipinski definition) is 5. The summed E-state index contributed by atoms with van der Waals surface area (Å²) in [4.78, 5) is 12.8. The molecule has 0 fully saturated rings. The monoisotopic (exact) mass is 367 g/mol. The van der Waals surface area contributed by atoms with Gasteiger partial charge in [0.1, 0.15) is 24.5 Å². The zero-order valence-electron chi connectivity index (χ0n) is 15.5. The van der Waals surface area contributed by atoms with E-state index in [1.807, 2.05) is 50.2 Å². The number of carbonyl (C=O) groups is 1. The van der Waals surface area contributed by atoms with Gasteiger partial charge in [0.25, 0.3) is 5.91 Å². The number of ether oxygens (including phenoxy) is 3. The van der Waals surface area contributed by atoms with Crippen molar-refractivity contribution in [3.63, 3.8) is 0 Å². The summed E-state index contributed by atoms with van der Waals surface area (Å²) < 4.78 is 22.2. The zero-order chi connectivity index (χ0) is 19.0. The van der Waals surface area contributed by atoms with Crippen LogP contribution in [0, 0.1) is 6.92 Å². The first-order valence-corrected chi connectivity index (χ1v) is 8.84. The Morgan fingerprint density at radius 1 is 1.11 bits per heavy atom. The van der Waals surface area contributed by atoms with Crippen LogP contribution in [0.25, 0.3) is 11.0 Å². The second kappa shape index (κ2) is 6.87. The van der Waals surface area contributed by atoms with E-state index in [0.29, 0.717) is 30.3 Å². The Kier molecular flexibility index (Phi) is 4.39. The van der Waals surface area contributed by atoms with Crippen LogP contribution in [-0.4, -0.2) is 26.2 Å². The lowest BCUT2D eigenvalue weighted by molar-refractivity contribution is 0.0913. The topological polar surface area (TPSA) is 69.9 Å². The third-order valence-electron chi connectivity index (χ3n) is 4.76. The molecule has 1 aliphatic rings. The highest BCUT2D eigenvalue weighted by molar-refractivity contribution is 5.99. The second-order valence-electron chi connectivity index (χ2n) is 6.52. The van der Waals surface area contributed by atoms with Crippen molar-refractivity contribution in [2.45, 2.75) is 19.9 Å². The summed E-state index contributed by atoms with van der Waals surface area (Å²) in [5, 5.41) is 3.86. The largest absolute Gasteiger partial charge is 0.497 e. The quantitative estimate of drug-likeness (QED) is 0.754. The van der Waals surface area contributed by atoms with Crippen molar-refractivity contribution in [1.82, 2.24) is 5.32 Å². The van der Waals surface area contributed by atoms with E-state index in [1.54, 1.807) is 7.11 Å². The third-order valence-corrected chi connectivity index (χ3v) is 4.76. The number of carbonyl (C=O) groups excluding carboxylic acids is 1. The fourth-order valence-electron chi connectivity index (χ4n) is 3.22. The second-order valence-corrected chi connectivity index (χ2v) is 6.52. The number of furan rings is 1. The van der Waals surface area contributed by atoms with Crippen molar-refractivity contribution in [1.29, 1.82) is 0 Å². The highest BCUT2D eigenvalue weighted by atomic mass is 16.6. The Hall–Kier alpha value is -3.15. The van der Waals surface area contributed by atoms with Crippen molar-refractivity contribution in [2.24, 2.45) is 0 Å². The molecule has 27 heavy (non-hydrogen) atoms. The molecule has 6 nitrogen and oxygen atoms in total. The Balaban J connectivity index is 1.56. The van der Waals surface area contributed by atoms with Gasteiger partial charge < -0.3 is 23.9 Å². The van der Waals surface area contributed by atoms with E-state index < -0.39 is 0 Å². The molecule has 0 bridgehead atoms. The standard InChI is InChI=1S/C21H21NO5/c1-12-16-11-15(24-3)5-7-17(16)27-20(12)21(23)22-13(2)14-4-6-18-19(10-14)26-9-8-25-18/h4-7,10-11,13H,8-9H2,1-3H3,(H,22,23)/t13-/m0/s1. The van der Waals surface area contributed by atoms with Gasteiger partial charge in [0.15, 0.2) is 17.3 Å². The van der Waals surface area contributed by atoms with Crippen molar-refractivity contribution >= 4 is 16.9 Å². The maximum Gasteiger partial charge on any atom is 0.287 e. The summed E-state index contributed by atoms with van der Waals surface area (Å²) >= 11 is 0. The number of hydrogen-bond donors (Lipinski definition) is 1. The lowest BCUT2D eigenvalue weighted by Gasteiger charge is -2.21. The number of rotatable bonds is 4. The molecule has 1 atom stereocenters. The number of nitrogens with one attached hydrogen (secondary N) is 1. The molecule has 0 saturated carbocycles. The van der Waals surface area contributed by atoms with Gasteiger partial charge in [-0.15, -0.1) is 0 Å². The zero-order valence-corrected chi connectivity index (χ0v) is 15.5. The van der Waals surface area contributed by atoms with Crippen LogP contribution in [0.3, 0.4) is 0 Å². The fourth-order valence-corrected chi connectivity index (χ4v) is 3.22. The molecule has 0 saturated heterocycles. The smallest absolute Gasteiger partial charge is 0.287 e. The number of benzene rings is 2. The molecule has 3 aromatic rings. The number of fused-ring (bicyclic) bond motifs is 2. The van der Waals surface area contributed by atoms with Crippen LogP contribution in [-0.2, 0) is 0 Å². The van der Waals surface area contributed by atoms with E-state index in [9.17, 15) is 4.79 Å². The van der Waals surface area contributed by atoms with E-state index >= 15 is 0 Å². The summed E-state index contributed by atoms with van der Waals surface area (Å²) in [6.07, 6.45) is 0. The van der Waals surface area contributed by atoms with Crippen molar-refractivity contribution in [3.8, 4) is 17.2 Å². The van der Waals surface area contributed by atoms with Crippen LogP contribution in [0.2, 0.25) is 0 Å². The average molecular weight is 367 g/mol. The van der Waals surface area contributed by atoms with Crippen LogP contribution in [0.1, 0.15) is 34.6 Å². The molecular weight excluding hydrogens is 346 g/mol. The van der Waals surface area contributed by atoms with Gasteiger partial charge in [-0.3, -0.25) is 4.79 Å². The molecule has 0 unspecified atom stereocenters. The Morgan fingerprint density at radius 3 is 2.67 bits per heavy atom. The normalized spacial score (nSPS) is 14.0. The molecule has 1 N–H and O–H groups in total. The van der Waals surface area contributed by atoms with E-state index in [1.165, 1.54) is 0 Å². The maximum atomic E-state index is 12.8. The maximum absolute atomic E-state index is 12.8. The molecule has 0 aliphatic carbocycles. The molecule has 4 rings (SSSR count). The predicted molar refractivity (Wildman–Crippen MR) is 101 cm³/mol. The highest BCUT2D eigenvalue weighted by Gasteiger charge is 2.21. The van der Waals surface area contributed by atoms with Crippen molar-refractivity contribution < 1.29 is 23.4 Å². The first-order chi connectivity index (χ1) is 13.1. The third kappa shape index (κ3) is 3.18. The predicted octanol–water partition coefficient (Wildman–Crippen LogP) is 4.01. The van der Waals surface area contributed by atoms with Crippen LogP contribution >= 0.6 is 0 Å². The molecule has 1 aliphatic heterocycles. The molecule has 2 aromatic carbocycles. The minimum Gasteiger partial charge on any atom is -0.497 e. The van der Waals surface area contributed by atoms with Crippen LogP contribution in [0.15, 0.2) is 40.8 Å². The molecule has 0 spiro atoms. The van der Waals surface area contributed by atoms with E-state index in [2.05, 4.69) is 5.32 Å². The highest BCUT2D eigenvalue weighted by Crippen LogP contribution is 2.33. The number of aryl methyl sites for hydroxylation is 1. The lowest BCUT2D eigenvalue weighted by atomic mass is 10.1. The molecule has 140 valence electrons. The van der Waals surface area contributed by atoms with Gasteiger partial charge in [0, 0.05) is 10.9 Å². The van der Waals surface area contributed by atoms with E-state index in [-0.39, 0.29) is 11.9 Å². The van der Waals surface area contributed by atoms with E-state index in [4.69, 9.17) is 18.6 Å². The number of methoxy groups -OCH3 is 1. The molecule has 1 aromatic heterocycles. The van der Waals surface area contributed by atoms with Crippen molar-refractivity contribution in [2.75, 3.05) is 20.3 Å². The summed E-state index contributed by atoms with van der Waals surface area (Å²) in [7, 11) is 1.61. The summed E-state index contributed by atoms with van der Waals surface area (Å²) in [6.45, 7) is 4.87. The first kappa shape index (κ1) is 17.3. The average Bonchev–Trinajstić information content (AvgIpc) is 3.03. The van der Waals surface area contributed by atoms with Gasteiger partial charge >= 0.3 is 0 Å². The van der Waals surface area contributed by atoms with Gasteiger partial charge in [-0.05, 0) is 49.7 Å². The van der Waals surface area contributed by atoms with E-state index in [0.717, 1.165) is 28.0 Å². The molecule has 1 amide bonds. The first-order valence-electron chi connectivity index (χ1n) is 8.84. The van der Waals surface area contributed by atoms with Gasteiger partial charge in [-0.1, -0.05) is 6.07 Å². The molecule has 2 heterocycles. The summed E-state index contributed by atoms with van der Waals surface area (Å²) in [5.74, 6) is 2.20. The van der Waals surface area contributed by atoms with Crippen LogP contribution < -0.4 is 19.5 Å². The summed E-state index contributed by atoms with van der Waals surface area (Å²) in [5.41, 5.74) is 2.38. The minimum absolute atomic E-state index is 0.213. The van der Waals surface area contributed by atoms with Crippen molar-refractivity contribution in [3.05, 3.63) is 53.3 Å². The summed E-state index contributed by atoms with van der Waals surface area (Å²) in [6, 6.07) is 11.0. The van der Waals surface area contributed by atoms with Gasteiger partial charge in [-0.25, -0.2) is 0 Å². The van der Waals surface area contributed by atoms with Gasteiger partial charge in [0.2, 0.25) is 0 Å². The molecule has 6 heteroatoms. The Bertz CT molecular complexity index is 1010. The lowest BCUT2D eigenvalue weighted by Crippen LogP contribution is -2.27. The van der Waals surface area contributed by atoms with Gasteiger partial charge in [0.05, 0.1) is 13.2 Å². The van der Waals surface area contributed by atoms with Crippen LogP contribution in [0.5, 0.6) is 17.2 Å². The number of amides is 1. The van der Waals surface area contributed by atoms with Gasteiger partial charge in [-0.2, -0.15) is 0 Å². The Labute approximate surface area is 157 Å². The molecular formula is C21H21NO5. The molecule has 0 radical (unpaired) electrons. The van der Waals surface area contributed by atoms with Crippen LogP contribution in [0.4, 0.5) is 0 Å².